The minimum atomic E-state index is 0.832. The van der Waals surface area contributed by atoms with Gasteiger partial charge in [-0.1, -0.05) is 0 Å². The lowest BCUT2D eigenvalue weighted by Crippen LogP contribution is -2.47. The van der Waals surface area contributed by atoms with Crippen LogP contribution in [0, 0.1) is 12.3 Å². The molecule has 0 aliphatic carbocycles. The predicted octanol–water partition coefficient (Wildman–Crippen LogP) is 0.622. The van der Waals surface area contributed by atoms with E-state index in [0.29, 0.717) is 0 Å². The third kappa shape index (κ3) is 2.71. The monoisotopic (exact) mass is 216 g/mol. The summed E-state index contributed by atoms with van der Waals surface area (Å²) < 4.78 is 0. The normalized spacial score (nSPS) is 17.1. The maximum absolute atomic E-state index is 5.26. The minimum Gasteiger partial charge on any atom is -0.338 e. The molecule has 0 radical (unpaired) electrons. The highest BCUT2D eigenvalue weighted by molar-refractivity contribution is 5.29. The van der Waals surface area contributed by atoms with E-state index >= 15 is 0 Å². The largest absolute Gasteiger partial charge is 0.338 e. The topological polar surface area (TPSA) is 32.3 Å². The summed E-state index contributed by atoms with van der Waals surface area (Å²) in [4.78, 5) is 13.1. The molecule has 1 fully saturated rings. The van der Waals surface area contributed by atoms with Gasteiger partial charge < -0.3 is 4.90 Å². The lowest BCUT2D eigenvalue weighted by atomic mass is 10.3. The van der Waals surface area contributed by atoms with Gasteiger partial charge in [-0.05, 0) is 6.07 Å². The van der Waals surface area contributed by atoms with E-state index in [-0.39, 0.29) is 0 Å². The fraction of sp³-hybridized carbons (Fsp3) is 0.500. The van der Waals surface area contributed by atoms with Crippen molar-refractivity contribution in [1.82, 2.24) is 14.9 Å². The molecule has 1 aromatic heterocycles. The number of nitrogens with zero attached hydrogens (tertiary/aromatic N) is 4. The van der Waals surface area contributed by atoms with Crippen molar-refractivity contribution in [3.05, 3.63) is 18.5 Å². The smallest absolute Gasteiger partial charge is 0.225 e. The lowest BCUT2D eigenvalue weighted by Gasteiger charge is -2.34. The van der Waals surface area contributed by atoms with Crippen LogP contribution in [0.3, 0.4) is 0 Å². The second kappa shape index (κ2) is 5.47. The summed E-state index contributed by atoms with van der Waals surface area (Å²) >= 11 is 0. The Balaban J connectivity index is 1.84. The maximum Gasteiger partial charge on any atom is 0.225 e. The first-order valence-corrected chi connectivity index (χ1v) is 5.58. The van der Waals surface area contributed by atoms with Gasteiger partial charge in [-0.15, -0.1) is 12.3 Å². The Morgan fingerprint density at radius 3 is 2.50 bits per heavy atom. The van der Waals surface area contributed by atoms with Gasteiger partial charge in [0.25, 0.3) is 0 Å². The fourth-order valence-corrected chi connectivity index (χ4v) is 1.85. The molecule has 1 aromatic rings. The molecule has 0 N–H and O–H groups in total. The molecule has 0 bridgehead atoms. The van der Waals surface area contributed by atoms with Crippen molar-refractivity contribution in [2.45, 2.75) is 6.42 Å². The van der Waals surface area contributed by atoms with Gasteiger partial charge in [0.1, 0.15) is 0 Å². The van der Waals surface area contributed by atoms with E-state index in [1.807, 2.05) is 6.07 Å². The van der Waals surface area contributed by atoms with Crippen LogP contribution in [0.1, 0.15) is 6.42 Å². The molecule has 4 heteroatoms. The zero-order chi connectivity index (χ0) is 11.2. The van der Waals surface area contributed by atoms with E-state index in [1.165, 1.54) is 0 Å². The van der Waals surface area contributed by atoms with Gasteiger partial charge in [-0.2, -0.15) is 0 Å². The maximum atomic E-state index is 5.26. The molecule has 0 unspecified atom stereocenters. The van der Waals surface area contributed by atoms with Crippen molar-refractivity contribution in [3.8, 4) is 12.3 Å². The van der Waals surface area contributed by atoms with E-state index in [9.17, 15) is 0 Å². The van der Waals surface area contributed by atoms with Crippen LogP contribution >= 0.6 is 0 Å². The van der Waals surface area contributed by atoms with Gasteiger partial charge in [0.15, 0.2) is 0 Å². The van der Waals surface area contributed by atoms with E-state index in [0.717, 1.165) is 45.1 Å². The third-order valence-electron chi connectivity index (χ3n) is 2.78. The molecule has 2 heterocycles. The summed E-state index contributed by atoms with van der Waals surface area (Å²) in [6.45, 7) is 5.04. The lowest BCUT2D eigenvalue weighted by molar-refractivity contribution is 0.262. The van der Waals surface area contributed by atoms with E-state index in [2.05, 4.69) is 25.7 Å². The first-order valence-electron chi connectivity index (χ1n) is 5.58. The van der Waals surface area contributed by atoms with Crippen molar-refractivity contribution >= 4 is 5.95 Å². The Morgan fingerprint density at radius 2 is 1.88 bits per heavy atom. The predicted molar refractivity (Wildman–Crippen MR) is 64.1 cm³/mol. The molecule has 1 aliphatic heterocycles. The van der Waals surface area contributed by atoms with Gasteiger partial charge in [-0.25, -0.2) is 9.97 Å². The highest BCUT2D eigenvalue weighted by Crippen LogP contribution is 2.09. The first-order chi connectivity index (χ1) is 7.90. The molecule has 4 nitrogen and oxygen atoms in total. The van der Waals surface area contributed by atoms with Crippen LogP contribution in [-0.4, -0.2) is 47.6 Å². The summed E-state index contributed by atoms with van der Waals surface area (Å²) in [6, 6.07) is 1.84. The number of hydrogen-bond acceptors (Lipinski definition) is 4. The Hall–Kier alpha value is -1.60. The second-order valence-corrected chi connectivity index (χ2v) is 3.83. The summed E-state index contributed by atoms with van der Waals surface area (Å²) in [7, 11) is 0. The molecule has 0 aromatic carbocycles. The number of piperazine rings is 1. The Bertz CT molecular complexity index is 349. The van der Waals surface area contributed by atoms with Crippen molar-refractivity contribution in [3.63, 3.8) is 0 Å². The highest BCUT2D eigenvalue weighted by atomic mass is 15.3. The molecule has 16 heavy (non-hydrogen) atoms. The second-order valence-electron chi connectivity index (χ2n) is 3.83. The highest BCUT2D eigenvalue weighted by Gasteiger charge is 2.17. The molecular formula is C12H16N4. The molecule has 1 aliphatic rings. The summed E-state index contributed by atoms with van der Waals surface area (Å²) in [5.74, 6) is 3.51. The van der Waals surface area contributed by atoms with Crippen molar-refractivity contribution in [1.29, 1.82) is 0 Å². The number of terminal acetylenes is 1. The fourth-order valence-electron chi connectivity index (χ4n) is 1.85. The quantitative estimate of drug-likeness (QED) is 0.693. The third-order valence-corrected chi connectivity index (χ3v) is 2.78. The van der Waals surface area contributed by atoms with Crippen LogP contribution in [0.2, 0.25) is 0 Å². The SMILES string of the molecule is C#CCCN1CCN(c2ncccn2)CC1. The van der Waals surface area contributed by atoms with Crippen LogP contribution in [0.4, 0.5) is 5.95 Å². The van der Waals surface area contributed by atoms with Crippen LogP contribution < -0.4 is 4.90 Å². The average molecular weight is 216 g/mol. The standard InChI is InChI=1S/C12H16N4/c1-2-3-7-15-8-10-16(11-9-15)12-13-5-4-6-14-12/h1,4-6H,3,7-11H2. The van der Waals surface area contributed by atoms with Gasteiger partial charge in [0.2, 0.25) is 5.95 Å². The zero-order valence-corrected chi connectivity index (χ0v) is 9.34. The molecule has 0 saturated carbocycles. The Kier molecular flexibility index (Phi) is 3.73. The summed E-state index contributed by atoms with van der Waals surface area (Å²) in [6.07, 6.45) is 9.66. The molecular weight excluding hydrogens is 200 g/mol. The number of aromatic nitrogens is 2. The van der Waals surface area contributed by atoms with Crippen LogP contribution in [0.25, 0.3) is 0 Å². The molecule has 1 saturated heterocycles. The van der Waals surface area contributed by atoms with Crippen molar-refractivity contribution < 1.29 is 0 Å². The Labute approximate surface area is 96.3 Å². The van der Waals surface area contributed by atoms with Gasteiger partial charge in [-0.3, -0.25) is 4.90 Å². The van der Waals surface area contributed by atoms with Crippen LogP contribution in [-0.2, 0) is 0 Å². The summed E-state index contributed by atoms with van der Waals surface area (Å²) in [5, 5.41) is 0. The molecule has 2 rings (SSSR count). The molecule has 0 spiro atoms. The average Bonchev–Trinajstić information content (AvgIpc) is 2.38. The van der Waals surface area contributed by atoms with Crippen molar-refractivity contribution in [2.75, 3.05) is 37.6 Å². The van der Waals surface area contributed by atoms with E-state index < -0.39 is 0 Å². The number of hydrogen-bond donors (Lipinski definition) is 0. The van der Waals surface area contributed by atoms with Crippen molar-refractivity contribution in [2.24, 2.45) is 0 Å². The van der Waals surface area contributed by atoms with Gasteiger partial charge in [0.05, 0.1) is 0 Å². The molecule has 0 atom stereocenters. The summed E-state index contributed by atoms with van der Waals surface area (Å²) in [5.41, 5.74) is 0. The number of rotatable bonds is 3. The minimum absolute atomic E-state index is 0.832. The van der Waals surface area contributed by atoms with Gasteiger partial charge >= 0.3 is 0 Å². The van der Waals surface area contributed by atoms with E-state index in [1.54, 1.807) is 12.4 Å². The first kappa shape index (κ1) is 10.9. The zero-order valence-electron chi connectivity index (χ0n) is 9.34. The van der Waals surface area contributed by atoms with Crippen LogP contribution in [0.15, 0.2) is 18.5 Å². The van der Waals surface area contributed by atoms with Crippen LogP contribution in [0.5, 0.6) is 0 Å². The molecule has 84 valence electrons. The Morgan fingerprint density at radius 1 is 1.19 bits per heavy atom. The van der Waals surface area contributed by atoms with E-state index in [4.69, 9.17) is 6.42 Å². The number of anilines is 1. The molecule has 0 amide bonds. The van der Waals surface area contributed by atoms with Gasteiger partial charge in [0, 0.05) is 51.5 Å².